The van der Waals surface area contributed by atoms with Crippen molar-refractivity contribution in [3.8, 4) is 34.4 Å². The van der Waals surface area contributed by atoms with Crippen LogP contribution >= 0.6 is 11.6 Å². The molecule has 51 heavy (non-hydrogen) atoms. The standard InChI is InChI=1S/C39H43ClN4O7/c1-26-30(7-4-9-34(26)29-6-3-8-33(15-29)49-13-5-11-44-12-10-32(46)22-44)24-51-37-17-36(50-23-28-14-27(18-41)19-42-20-28)31(16-35(37)40)21-43-39(2,25-45)38(47)48/h3-4,6-9,14-17,19-20,32,43,45-46H,5,10-13,21-25H2,1-2H3,(H,47,48). The van der Waals surface area contributed by atoms with Crippen molar-refractivity contribution in [1.82, 2.24) is 15.2 Å². The quantitative estimate of drug-likeness (QED) is 0.102. The second kappa shape index (κ2) is 17.5. The van der Waals surface area contributed by atoms with E-state index in [9.17, 15) is 25.4 Å². The maximum absolute atomic E-state index is 11.8. The van der Waals surface area contributed by atoms with Gasteiger partial charge in [-0.05, 0) is 73.2 Å². The second-order valence-corrected chi connectivity index (χ2v) is 13.3. The van der Waals surface area contributed by atoms with E-state index in [1.807, 2.05) is 43.3 Å². The van der Waals surface area contributed by atoms with E-state index in [0.29, 0.717) is 39.8 Å². The Hall–Kier alpha value is -4.70. The molecule has 11 nitrogen and oxygen atoms in total. The van der Waals surface area contributed by atoms with E-state index in [-0.39, 0.29) is 25.9 Å². The number of carboxylic acid groups (broad SMARTS) is 1. The zero-order valence-electron chi connectivity index (χ0n) is 28.8. The molecule has 1 aliphatic heterocycles. The van der Waals surface area contributed by atoms with Crippen molar-refractivity contribution in [3.05, 3.63) is 106 Å². The third-order valence-electron chi connectivity index (χ3n) is 9.00. The van der Waals surface area contributed by atoms with Gasteiger partial charge in [0.15, 0.2) is 0 Å². The zero-order chi connectivity index (χ0) is 36.4. The number of carboxylic acids is 1. The average Bonchev–Trinajstić information content (AvgIpc) is 3.56. The summed E-state index contributed by atoms with van der Waals surface area (Å²) in [6.45, 7) is 6.28. The summed E-state index contributed by atoms with van der Waals surface area (Å²) in [5.41, 5.74) is 4.08. The van der Waals surface area contributed by atoms with Crippen LogP contribution in [0.3, 0.4) is 0 Å². The Balaban J connectivity index is 1.29. The molecule has 1 fully saturated rings. The van der Waals surface area contributed by atoms with Gasteiger partial charge in [-0.2, -0.15) is 5.26 Å². The third kappa shape index (κ3) is 9.97. The van der Waals surface area contributed by atoms with Crippen LogP contribution in [0.5, 0.6) is 17.2 Å². The number of ether oxygens (including phenoxy) is 3. The lowest BCUT2D eigenvalue weighted by Crippen LogP contribution is -2.52. The van der Waals surface area contributed by atoms with Gasteiger partial charge in [0.25, 0.3) is 0 Å². The molecule has 1 aliphatic rings. The van der Waals surface area contributed by atoms with Crippen LogP contribution < -0.4 is 19.5 Å². The Kier molecular flexibility index (Phi) is 12.9. The molecule has 0 amide bonds. The largest absolute Gasteiger partial charge is 0.494 e. The summed E-state index contributed by atoms with van der Waals surface area (Å²) in [5.74, 6) is 0.341. The molecule has 12 heteroatoms. The number of nitriles is 1. The van der Waals surface area contributed by atoms with Gasteiger partial charge in [0, 0.05) is 55.8 Å². The molecule has 0 aliphatic carbocycles. The Morgan fingerprint density at radius 2 is 1.88 bits per heavy atom. The molecule has 2 atom stereocenters. The van der Waals surface area contributed by atoms with Gasteiger partial charge in [0.1, 0.15) is 42.1 Å². The highest BCUT2D eigenvalue weighted by atomic mass is 35.5. The van der Waals surface area contributed by atoms with Gasteiger partial charge >= 0.3 is 5.97 Å². The van der Waals surface area contributed by atoms with Crippen molar-refractivity contribution in [2.45, 2.75) is 58.1 Å². The van der Waals surface area contributed by atoms with Gasteiger partial charge in [-0.1, -0.05) is 41.9 Å². The van der Waals surface area contributed by atoms with Crippen LogP contribution in [-0.2, 0) is 24.6 Å². The minimum atomic E-state index is -1.59. The van der Waals surface area contributed by atoms with Gasteiger partial charge in [-0.25, -0.2) is 0 Å². The highest BCUT2D eigenvalue weighted by Crippen LogP contribution is 2.35. The summed E-state index contributed by atoms with van der Waals surface area (Å²) in [7, 11) is 0. The molecule has 0 radical (unpaired) electrons. The summed E-state index contributed by atoms with van der Waals surface area (Å²) in [6.07, 6.45) is 4.55. The highest BCUT2D eigenvalue weighted by Gasteiger charge is 2.32. The number of halogens is 1. The van der Waals surface area contributed by atoms with E-state index in [4.69, 9.17) is 25.8 Å². The van der Waals surface area contributed by atoms with Crippen LogP contribution in [0.2, 0.25) is 5.02 Å². The van der Waals surface area contributed by atoms with Crippen LogP contribution in [0.4, 0.5) is 0 Å². The Morgan fingerprint density at radius 3 is 2.63 bits per heavy atom. The fourth-order valence-corrected chi connectivity index (χ4v) is 6.03. The van der Waals surface area contributed by atoms with Crippen LogP contribution in [0.1, 0.15) is 47.6 Å². The van der Waals surface area contributed by atoms with E-state index in [2.05, 4.69) is 27.3 Å². The Bertz CT molecular complexity index is 1870. The number of pyridine rings is 1. The normalized spacial score (nSPS) is 15.6. The molecule has 3 aromatic carbocycles. The van der Waals surface area contributed by atoms with Crippen LogP contribution in [0.25, 0.3) is 11.1 Å². The molecule has 0 bridgehead atoms. The first kappa shape index (κ1) is 37.6. The molecule has 5 rings (SSSR count). The van der Waals surface area contributed by atoms with Crippen molar-refractivity contribution < 1.29 is 34.3 Å². The number of aromatic nitrogens is 1. The lowest BCUT2D eigenvalue weighted by Gasteiger charge is -2.25. The molecular formula is C39H43ClN4O7. The molecule has 2 heterocycles. The first-order valence-corrected chi connectivity index (χ1v) is 17.2. The summed E-state index contributed by atoms with van der Waals surface area (Å²) in [6, 6.07) is 21.1. The number of hydrogen-bond donors (Lipinski definition) is 4. The van der Waals surface area contributed by atoms with Crippen molar-refractivity contribution >= 4 is 17.6 Å². The molecule has 4 N–H and O–H groups in total. The highest BCUT2D eigenvalue weighted by molar-refractivity contribution is 6.32. The van der Waals surface area contributed by atoms with Crippen molar-refractivity contribution in [2.75, 3.05) is 32.8 Å². The number of rotatable bonds is 17. The monoisotopic (exact) mass is 714 g/mol. The summed E-state index contributed by atoms with van der Waals surface area (Å²) in [5, 5.41) is 41.5. The summed E-state index contributed by atoms with van der Waals surface area (Å²) in [4.78, 5) is 18.1. The average molecular weight is 715 g/mol. The lowest BCUT2D eigenvalue weighted by atomic mass is 9.96. The van der Waals surface area contributed by atoms with E-state index in [1.54, 1.807) is 24.4 Å². The predicted molar refractivity (Wildman–Crippen MR) is 193 cm³/mol. The number of aliphatic hydroxyl groups is 2. The van der Waals surface area contributed by atoms with Crippen LogP contribution in [0, 0.1) is 18.3 Å². The van der Waals surface area contributed by atoms with E-state index in [0.717, 1.165) is 60.5 Å². The minimum absolute atomic E-state index is 0.0295. The second-order valence-electron chi connectivity index (χ2n) is 12.9. The fourth-order valence-electron chi connectivity index (χ4n) is 5.79. The van der Waals surface area contributed by atoms with Gasteiger partial charge in [-0.15, -0.1) is 0 Å². The topological polar surface area (TPSA) is 157 Å². The summed E-state index contributed by atoms with van der Waals surface area (Å²) < 4.78 is 18.5. The van der Waals surface area contributed by atoms with Crippen LogP contribution in [-0.4, -0.2) is 75.7 Å². The van der Waals surface area contributed by atoms with Gasteiger partial charge in [-0.3, -0.25) is 15.1 Å². The molecule has 0 saturated carbocycles. The number of β-amino-alcohol motifs (C(OH)–C–C–N with tert-alkyl or cyclic N) is 1. The van der Waals surface area contributed by atoms with Crippen LogP contribution in [0.15, 0.2) is 73.1 Å². The number of carbonyl (C=O) groups is 1. The number of aliphatic hydroxyl groups excluding tert-OH is 2. The molecule has 0 spiro atoms. The maximum Gasteiger partial charge on any atom is 0.326 e. The molecule has 268 valence electrons. The van der Waals surface area contributed by atoms with Crippen molar-refractivity contribution in [1.29, 1.82) is 5.26 Å². The zero-order valence-corrected chi connectivity index (χ0v) is 29.5. The molecular weight excluding hydrogens is 672 g/mol. The lowest BCUT2D eigenvalue weighted by molar-refractivity contribution is -0.145. The number of nitrogens with zero attached hydrogens (tertiary/aromatic N) is 3. The first-order chi connectivity index (χ1) is 24.6. The molecule has 1 aromatic heterocycles. The smallest absolute Gasteiger partial charge is 0.326 e. The SMILES string of the molecule is Cc1c(COc2cc(OCc3cncc(C#N)c3)c(CNC(C)(CO)C(=O)O)cc2Cl)cccc1-c1cccc(OCCCN2CCC(O)C2)c1. The Morgan fingerprint density at radius 1 is 1.08 bits per heavy atom. The minimum Gasteiger partial charge on any atom is -0.494 e. The van der Waals surface area contributed by atoms with Gasteiger partial charge in [0.2, 0.25) is 0 Å². The van der Waals surface area contributed by atoms with Gasteiger partial charge in [0.05, 0.1) is 29.9 Å². The van der Waals surface area contributed by atoms with Crippen molar-refractivity contribution in [2.24, 2.45) is 0 Å². The maximum atomic E-state index is 11.8. The molecule has 1 saturated heterocycles. The Labute approximate surface area is 303 Å². The molecule has 4 aromatic rings. The number of aliphatic carboxylic acids is 1. The number of hydrogen-bond acceptors (Lipinski definition) is 10. The molecule has 2 unspecified atom stereocenters. The van der Waals surface area contributed by atoms with Gasteiger partial charge < -0.3 is 34.4 Å². The fraction of sp³-hybridized carbons (Fsp3) is 0.359. The first-order valence-electron chi connectivity index (χ1n) is 16.8. The number of benzene rings is 3. The van der Waals surface area contributed by atoms with E-state index in [1.165, 1.54) is 13.1 Å². The van der Waals surface area contributed by atoms with E-state index >= 15 is 0 Å². The number of likely N-dealkylation sites (tertiary alicyclic amines) is 1. The third-order valence-corrected chi connectivity index (χ3v) is 9.30. The summed E-state index contributed by atoms with van der Waals surface area (Å²) >= 11 is 6.70. The van der Waals surface area contributed by atoms with E-state index < -0.39 is 18.1 Å². The van der Waals surface area contributed by atoms with Crippen molar-refractivity contribution in [3.63, 3.8) is 0 Å². The number of nitrogens with one attached hydrogen (secondary N) is 1. The predicted octanol–water partition coefficient (Wildman–Crippen LogP) is 5.50.